The van der Waals surface area contributed by atoms with Crippen LogP contribution in [-0.2, 0) is 10.0 Å². The molecule has 0 aliphatic heterocycles. The van der Waals surface area contributed by atoms with E-state index in [1.54, 1.807) is 0 Å². The van der Waals surface area contributed by atoms with E-state index in [0.717, 1.165) is 19.3 Å². The molecule has 3 N–H and O–H groups in total. The second-order valence-corrected chi connectivity index (χ2v) is 7.60. The van der Waals surface area contributed by atoms with Gasteiger partial charge in [0.05, 0.1) is 4.90 Å². The molecule has 116 valence electrons. The molecule has 1 fully saturated rings. The predicted molar refractivity (Wildman–Crippen MR) is 81.2 cm³/mol. The zero-order valence-corrected chi connectivity index (χ0v) is 13.2. The van der Waals surface area contributed by atoms with E-state index in [1.807, 2.05) is 0 Å². The molecule has 6 heteroatoms. The molecule has 1 aliphatic rings. The third kappa shape index (κ3) is 3.63. The van der Waals surface area contributed by atoms with Crippen LogP contribution in [0.3, 0.4) is 0 Å². The molecule has 2 rings (SSSR count). The number of carbonyl (C=O) groups is 1. The first kappa shape index (κ1) is 16.0. The van der Waals surface area contributed by atoms with Crippen molar-refractivity contribution in [2.24, 2.45) is 17.6 Å². The highest BCUT2D eigenvalue weighted by Crippen LogP contribution is 2.30. The van der Waals surface area contributed by atoms with Crippen LogP contribution in [0.25, 0.3) is 0 Å². The lowest BCUT2D eigenvalue weighted by atomic mass is 9.78. The molecule has 1 aromatic carbocycles. The fourth-order valence-corrected chi connectivity index (χ4v) is 4.18. The van der Waals surface area contributed by atoms with Crippen LogP contribution in [0.2, 0.25) is 0 Å². The molecule has 21 heavy (non-hydrogen) atoms. The first-order valence-electron chi connectivity index (χ1n) is 7.23. The van der Waals surface area contributed by atoms with E-state index in [0.29, 0.717) is 17.4 Å². The van der Waals surface area contributed by atoms with Crippen molar-refractivity contribution in [3.05, 3.63) is 29.8 Å². The summed E-state index contributed by atoms with van der Waals surface area (Å²) in [6.07, 6.45) is 3.05. The molecule has 0 radical (unpaired) electrons. The standard InChI is InChI=1S/C15H22N2O3S/c1-10-4-3-5-14(11(10)2)17-21(19,20)13-8-6-12(7-9-13)15(16)18/h6-11,14,17H,3-5H2,1-2H3,(H2,16,18). The first-order chi connectivity index (χ1) is 9.81. The van der Waals surface area contributed by atoms with Crippen molar-refractivity contribution < 1.29 is 13.2 Å². The molecule has 3 atom stereocenters. The Morgan fingerprint density at radius 2 is 1.81 bits per heavy atom. The lowest BCUT2D eigenvalue weighted by molar-refractivity contribution is 0.1000. The van der Waals surface area contributed by atoms with Gasteiger partial charge in [0.15, 0.2) is 0 Å². The Bertz CT molecular complexity index is 610. The van der Waals surface area contributed by atoms with Crippen LogP contribution in [0.1, 0.15) is 43.5 Å². The summed E-state index contributed by atoms with van der Waals surface area (Å²) in [5, 5.41) is 0. The zero-order chi connectivity index (χ0) is 15.6. The van der Waals surface area contributed by atoms with E-state index in [-0.39, 0.29) is 10.9 Å². The van der Waals surface area contributed by atoms with Crippen molar-refractivity contribution in [2.45, 2.75) is 44.0 Å². The average Bonchev–Trinajstić information content (AvgIpc) is 2.44. The zero-order valence-electron chi connectivity index (χ0n) is 12.4. The average molecular weight is 310 g/mol. The van der Waals surface area contributed by atoms with Crippen LogP contribution < -0.4 is 10.5 Å². The maximum atomic E-state index is 12.4. The molecule has 0 heterocycles. The molecule has 0 saturated heterocycles. The van der Waals surface area contributed by atoms with Crippen LogP contribution in [-0.4, -0.2) is 20.4 Å². The van der Waals surface area contributed by atoms with E-state index in [1.165, 1.54) is 24.3 Å². The quantitative estimate of drug-likeness (QED) is 0.890. The molecular formula is C15H22N2O3S. The van der Waals surface area contributed by atoms with Gasteiger partial charge < -0.3 is 5.73 Å². The third-order valence-electron chi connectivity index (χ3n) is 4.46. The van der Waals surface area contributed by atoms with Crippen molar-refractivity contribution in [1.82, 2.24) is 4.72 Å². The van der Waals surface area contributed by atoms with Crippen LogP contribution in [0.4, 0.5) is 0 Å². The van der Waals surface area contributed by atoms with Gasteiger partial charge in [-0.3, -0.25) is 4.79 Å². The van der Waals surface area contributed by atoms with Crippen molar-refractivity contribution >= 4 is 15.9 Å². The Morgan fingerprint density at radius 3 is 2.38 bits per heavy atom. The van der Waals surface area contributed by atoms with E-state index < -0.39 is 15.9 Å². The van der Waals surface area contributed by atoms with E-state index >= 15 is 0 Å². The molecule has 0 aromatic heterocycles. The number of benzene rings is 1. The Hall–Kier alpha value is -1.40. The molecule has 5 nitrogen and oxygen atoms in total. The summed E-state index contributed by atoms with van der Waals surface area (Å²) in [5.74, 6) is 0.267. The maximum absolute atomic E-state index is 12.4. The number of hydrogen-bond donors (Lipinski definition) is 2. The number of amides is 1. The molecule has 1 aromatic rings. The minimum Gasteiger partial charge on any atom is -0.366 e. The minimum atomic E-state index is -3.56. The van der Waals surface area contributed by atoms with Crippen molar-refractivity contribution in [3.63, 3.8) is 0 Å². The normalized spacial score (nSPS) is 26.5. The summed E-state index contributed by atoms with van der Waals surface area (Å²) in [7, 11) is -3.56. The van der Waals surface area contributed by atoms with Gasteiger partial charge in [0.2, 0.25) is 15.9 Å². The second kappa shape index (κ2) is 6.15. The smallest absolute Gasteiger partial charge is 0.248 e. The molecule has 1 amide bonds. The third-order valence-corrected chi connectivity index (χ3v) is 5.97. The summed E-state index contributed by atoms with van der Waals surface area (Å²) >= 11 is 0. The van der Waals surface area contributed by atoms with Gasteiger partial charge in [0, 0.05) is 11.6 Å². The van der Waals surface area contributed by atoms with Crippen LogP contribution in [0.15, 0.2) is 29.2 Å². The Kier molecular flexibility index (Phi) is 4.68. The molecule has 3 unspecified atom stereocenters. The van der Waals surface area contributed by atoms with Crippen molar-refractivity contribution in [3.8, 4) is 0 Å². The number of carbonyl (C=O) groups excluding carboxylic acids is 1. The lowest BCUT2D eigenvalue weighted by Crippen LogP contribution is -2.43. The summed E-state index contributed by atoms with van der Waals surface area (Å²) in [4.78, 5) is 11.2. The highest BCUT2D eigenvalue weighted by atomic mass is 32.2. The number of sulfonamides is 1. The maximum Gasteiger partial charge on any atom is 0.248 e. The van der Waals surface area contributed by atoms with Crippen LogP contribution in [0.5, 0.6) is 0 Å². The Balaban J connectivity index is 2.16. The van der Waals surface area contributed by atoms with E-state index in [9.17, 15) is 13.2 Å². The predicted octanol–water partition coefficient (Wildman–Crippen LogP) is 1.89. The van der Waals surface area contributed by atoms with Gasteiger partial charge in [-0.25, -0.2) is 13.1 Å². The highest BCUT2D eigenvalue weighted by Gasteiger charge is 2.30. The summed E-state index contributed by atoms with van der Waals surface area (Å²) < 4.78 is 27.6. The molecule has 1 saturated carbocycles. The monoisotopic (exact) mass is 310 g/mol. The van der Waals surface area contributed by atoms with Crippen molar-refractivity contribution in [2.75, 3.05) is 0 Å². The molecule has 0 spiro atoms. The first-order valence-corrected chi connectivity index (χ1v) is 8.72. The molecule has 1 aliphatic carbocycles. The number of nitrogens with one attached hydrogen (secondary N) is 1. The Morgan fingerprint density at radius 1 is 1.19 bits per heavy atom. The van der Waals surface area contributed by atoms with Crippen molar-refractivity contribution in [1.29, 1.82) is 0 Å². The second-order valence-electron chi connectivity index (χ2n) is 5.88. The summed E-state index contributed by atoms with van der Waals surface area (Å²) in [6.45, 7) is 4.25. The minimum absolute atomic E-state index is 0.0328. The summed E-state index contributed by atoms with van der Waals surface area (Å²) in [6, 6.07) is 5.67. The highest BCUT2D eigenvalue weighted by molar-refractivity contribution is 7.89. The van der Waals surface area contributed by atoms with Gasteiger partial charge >= 0.3 is 0 Å². The van der Waals surface area contributed by atoms with Gasteiger partial charge in [0.25, 0.3) is 0 Å². The van der Waals surface area contributed by atoms with Crippen LogP contribution in [0, 0.1) is 11.8 Å². The number of hydrogen-bond acceptors (Lipinski definition) is 3. The van der Waals surface area contributed by atoms with Gasteiger partial charge in [0.1, 0.15) is 0 Å². The van der Waals surface area contributed by atoms with Gasteiger partial charge in [-0.05, 0) is 42.5 Å². The molecule has 0 bridgehead atoms. The lowest BCUT2D eigenvalue weighted by Gasteiger charge is -2.34. The van der Waals surface area contributed by atoms with Gasteiger partial charge in [-0.15, -0.1) is 0 Å². The number of primary amides is 1. The SMILES string of the molecule is CC1CCCC(NS(=O)(=O)c2ccc(C(N)=O)cc2)C1C. The van der Waals surface area contributed by atoms with E-state index in [4.69, 9.17) is 5.73 Å². The summed E-state index contributed by atoms with van der Waals surface area (Å²) in [5.41, 5.74) is 5.45. The van der Waals surface area contributed by atoms with Crippen LogP contribution >= 0.6 is 0 Å². The van der Waals surface area contributed by atoms with Gasteiger partial charge in [-0.1, -0.05) is 26.7 Å². The topological polar surface area (TPSA) is 89.3 Å². The fraction of sp³-hybridized carbons (Fsp3) is 0.533. The number of rotatable bonds is 4. The Labute approximate surface area is 126 Å². The molecular weight excluding hydrogens is 288 g/mol. The van der Waals surface area contributed by atoms with Gasteiger partial charge in [-0.2, -0.15) is 0 Å². The largest absolute Gasteiger partial charge is 0.366 e. The van der Waals surface area contributed by atoms with E-state index in [2.05, 4.69) is 18.6 Å². The number of nitrogens with two attached hydrogens (primary N) is 1. The fourth-order valence-electron chi connectivity index (χ4n) is 2.81.